The second kappa shape index (κ2) is 6.17. The van der Waals surface area contributed by atoms with Crippen LogP contribution in [0.25, 0.3) is 0 Å². The molecule has 0 saturated heterocycles. The first-order valence-electron chi connectivity index (χ1n) is 6.86. The molecule has 1 fully saturated rings. The highest BCUT2D eigenvalue weighted by atomic mass is 16.5. The molecule has 1 aliphatic carbocycles. The quantitative estimate of drug-likeness (QED) is 0.772. The number of methoxy groups -OCH3 is 1. The summed E-state index contributed by atoms with van der Waals surface area (Å²) < 4.78 is 5.24. The van der Waals surface area contributed by atoms with E-state index in [-0.39, 0.29) is 0 Å². The first kappa shape index (κ1) is 14.9. The zero-order valence-electron chi connectivity index (χ0n) is 12.4. The highest BCUT2D eigenvalue weighted by Gasteiger charge is 2.43. The van der Waals surface area contributed by atoms with Crippen molar-refractivity contribution in [2.24, 2.45) is 5.41 Å². The molecule has 0 aromatic carbocycles. The summed E-state index contributed by atoms with van der Waals surface area (Å²) in [4.78, 5) is 2.60. The van der Waals surface area contributed by atoms with Crippen molar-refractivity contribution in [2.75, 3.05) is 27.3 Å². The summed E-state index contributed by atoms with van der Waals surface area (Å²) in [6.07, 6.45) is 2.60. The van der Waals surface area contributed by atoms with E-state index in [1.165, 1.54) is 12.8 Å². The van der Waals surface area contributed by atoms with Gasteiger partial charge in [0.2, 0.25) is 0 Å². The van der Waals surface area contributed by atoms with Gasteiger partial charge in [-0.2, -0.15) is 0 Å². The van der Waals surface area contributed by atoms with Crippen LogP contribution in [0.4, 0.5) is 0 Å². The zero-order valence-corrected chi connectivity index (χ0v) is 12.4. The Morgan fingerprint density at radius 1 is 1.41 bits per heavy atom. The van der Waals surface area contributed by atoms with Crippen LogP contribution in [0.15, 0.2) is 0 Å². The second-order valence-corrected chi connectivity index (χ2v) is 6.19. The molecule has 1 saturated carbocycles. The Bertz CT molecular complexity index is 228. The van der Waals surface area contributed by atoms with Crippen molar-refractivity contribution < 1.29 is 4.74 Å². The van der Waals surface area contributed by atoms with E-state index in [0.29, 0.717) is 23.5 Å². The third-order valence-corrected chi connectivity index (χ3v) is 4.27. The standard InChI is InChI=1S/C14H30N2O/c1-11(2)16(9-10-17-6)12-7-8-14(3,4)13(12)15-5/h11-13,15H,7-10H2,1-6H3. The van der Waals surface area contributed by atoms with Gasteiger partial charge < -0.3 is 10.1 Å². The number of hydrogen-bond donors (Lipinski definition) is 1. The average Bonchev–Trinajstić information content (AvgIpc) is 2.54. The Morgan fingerprint density at radius 3 is 2.53 bits per heavy atom. The molecule has 0 aliphatic heterocycles. The molecule has 0 amide bonds. The SMILES string of the molecule is CNC1C(N(CCOC)C(C)C)CCC1(C)C. The molecule has 0 radical (unpaired) electrons. The zero-order chi connectivity index (χ0) is 13.1. The first-order chi connectivity index (χ1) is 7.94. The van der Waals surface area contributed by atoms with Crippen LogP contribution in [0, 0.1) is 5.41 Å². The van der Waals surface area contributed by atoms with Gasteiger partial charge in [-0.25, -0.2) is 0 Å². The molecule has 1 aliphatic rings. The normalized spacial score (nSPS) is 28.2. The first-order valence-corrected chi connectivity index (χ1v) is 6.86. The molecule has 102 valence electrons. The molecule has 2 atom stereocenters. The number of likely N-dealkylation sites (N-methyl/N-ethyl adjacent to an activating group) is 1. The molecule has 2 unspecified atom stereocenters. The Labute approximate surface area is 107 Å². The monoisotopic (exact) mass is 242 g/mol. The highest BCUT2D eigenvalue weighted by Crippen LogP contribution is 2.40. The van der Waals surface area contributed by atoms with E-state index in [1.54, 1.807) is 7.11 Å². The molecular formula is C14H30N2O. The van der Waals surface area contributed by atoms with E-state index >= 15 is 0 Å². The third-order valence-electron chi connectivity index (χ3n) is 4.27. The molecule has 0 aromatic heterocycles. The van der Waals surface area contributed by atoms with Gasteiger partial charge in [-0.3, -0.25) is 4.90 Å². The molecular weight excluding hydrogens is 212 g/mol. The van der Waals surface area contributed by atoms with Gasteiger partial charge in [0.15, 0.2) is 0 Å². The molecule has 3 heteroatoms. The molecule has 17 heavy (non-hydrogen) atoms. The van der Waals surface area contributed by atoms with Crippen molar-refractivity contribution in [3.63, 3.8) is 0 Å². The summed E-state index contributed by atoms with van der Waals surface area (Å²) >= 11 is 0. The van der Waals surface area contributed by atoms with E-state index in [2.05, 4.69) is 45.0 Å². The molecule has 1 N–H and O–H groups in total. The fourth-order valence-electron chi connectivity index (χ4n) is 3.31. The maximum absolute atomic E-state index is 5.24. The van der Waals surface area contributed by atoms with Gasteiger partial charge in [-0.15, -0.1) is 0 Å². The van der Waals surface area contributed by atoms with Crippen LogP contribution in [0.3, 0.4) is 0 Å². The maximum Gasteiger partial charge on any atom is 0.0589 e. The van der Waals surface area contributed by atoms with E-state index in [0.717, 1.165) is 13.2 Å². The van der Waals surface area contributed by atoms with Crippen LogP contribution in [-0.2, 0) is 4.74 Å². The Kier molecular flexibility index (Phi) is 5.42. The summed E-state index contributed by atoms with van der Waals surface area (Å²) in [5, 5.41) is 3.53. The van der Waals surface area contributed by atoms with Crippen molar-refractivity contribution in [3.8, 4) is 0 Å². The van der Waals surface area contributed by atoms with Crippen molar-refractivity contribution in [1.82, 2.24) is 10.2 Å². The minimum absolute atomic E-state index is 0.402. The maximum atomic E-state index is 5.24. The van der Waals surface area contributed by atoms with Gasteiger partial charge in [-0.05, 0) is 39.2 Å². The Balaban J connectivity index is 2.73. The van der Waals surface area contributed by atoms with Gasteiger partial charge in [0.05, 0.1) is 6.61 Å². The molecule has 0 spiro atoms. The lowest BCUT2D eigenvalue weighted by Crippen LogP contribution is -2.53. The van der Waals surface area contributed by atoms with Crippen molar-refractivity contribution in [1.29, 1.82) is 0 Å². The minimum atomic E-state index is 0.402. The molecule has 0 aromatic rings. The average molecular weight is 242 g/mol. The minimum Gasteiger partial charge on any atom is -0.383 e. The van der Waals surface area contributed by atoms with Crippen LogP contribution < -0.4 is 5.32 Å². The largest absolute Gasteiger partial charge is 0.383 e. The smallest absolute Gasteiger partial charge is 0.0589 e. The van der Waals surface area contributed by atoms with Crippen LogP contribution in [0.5, 0.6) is 0 Å². The lowest BCUT2D eigenvalue weighted by Gasteiger charge is -2.39. The predicted octanol–water partition coefficient (Wildman–Crippen LogP) is 2.12. The molecule has 1 rings (SSSR count). The lowest BCUT2D eigenvalue weighted by atomic mass is 9.86. The Morgan fingerprint density at radius 2 is 2.06 bits per heavy atom. The predicted molar refractivity (Wildman–Crippen MR) is 73.4 cm³/mol. The number of rotatable bonds is 6. The van der Waals surface area contributed by atoms with Gasteiger partial charge >= 0.3 is 0 Å². The van der Waals surface area contributed by atoms with Gasteiger partial charge in [0, 0.05) is 31.8 Å². The van der Waals surface area contributed by atoms with Crippen LogP contribution in [0.2, 0.25) is 0 Å². The number of nitrogens with one attached hydrogen (secondary N) is 1. The molecule has 0 bridgehead atoms. The van der Waals surface area contributed by atoms with Crippen molar-refractivity contribution in [2.45, 2.75) is 58.7 Å². The molecule has 3 nitrogen and oxygen atoms in total. The van der Waals surface area contributed by atoms with E-state index in [1.807, 2.05) is 0 Å². The fourth-order valence-corrected chi connectivity index (χ4v) is 3.31. The number of hydrogen-bond acceptors (Lipinski definition) is 3. The summed E-state index contributed by atoms with van der Waals surface area (Å²) in [5.74, 6) is 0. The fraction of sp³-hybridized carbons (Fsp3) is 1.00. The van der Waals surface area contributed by atoms with Crippen LogP contribution >= 0.6 is 0 Å². The van der Waals surface area contributed by atoms with E-state index in [4.69, 9.17) is 4.74 Å². The van der Waals surface area contributed by atoms with Gasteiger partial charge in [0.1, 0.15) is 0 Å². The van der Waals surface area contributed by atoms with Gasteiger partial charge in [0.25, 0.3) is 0 Å². The van der Waals surface area contributed by atoms with E-state index in [9.17, 15) is 0 Å². The second-order valence-electron chi connectivity index (χ2n) is 6.19. The highest BCUT2D eigenvalue weighted by molar-refractivity contribution is 5.01. The summed E-state index contributed by atoms with van der Waals surface area (Å²) in [5.41, 5.74) is 0.402. The van der Waals surface area contributed by atoms with Crippen LogP contribution in [-0.4, -0.2) is 50.3 Å². The van der Waals surface area contributed by atoms with E-state index < -0.39 is 0 Å². The summed E-state index contributed by atoms with van der Waals surface area (Å²) in [6.45, 7) is 11.2. The topological polar surface area (TPSA) is 24.5 Å². The summed E-state index contributed by atoms with van der Waals surface area (Å²) in [6, 6.07) is 1.81. The number of nitrogens with zero attached hydrogens (tertiary/aromatic N) is 1. The summed E-state index contributed by atoms with van der Waals surface area (Å²) in [7, 11) is 3.88. The van der Waals surface area contributed by atoms with Gasteiger partial charge in [-0.1, -0.05) is 13.8 Å². The third kappa shape index (κ3) is 3.43. The molecule has 0 heterocycles. The lowest BCUT2D eigenvalue weighted by molar-refractivity contribution is 0.0776. The van der Waals surface area contributed by atoms with Crippen LogP contribution in [0.1, 0.15) is 40.5 Å². The van der Waals surface area contributed by atoms with Crippen molar-refractivity contribution in [3.05, 3.63) is 0 Å². The number of ether oxygens (including phenoxy) is 1. The Hall–Kier alpha value is -0.120. The van der Waals surface area contributed by atoms with Crippen molar-refractivity contribution >= 4 is 0 Å².